The number of nitrogens with one attached hydrogen (secondary N) is 4. The molecule has 0 atom stereocenters. The molecule has 0 aliphatic heterocycles. The molecule has 0 spiro atoms. The summed E-state index contributed by atoms with van der Waals surface area (Å²) in [5.74, 6) is -4.23. The molecule has 1 aromatic heterocycles. The van der Waals surface area contributed by atoms with Gasteiger partial charge in [-0.1, -0.05) is 23.2 Å². The van der Waals surface area contributed by atoms with Crippen molar-refractivity contribution >= 4 is 145 Å². The molecule has 5 aromatic rings. The number of fused-ring (bicyclic) bond motifs is 2. The molecule has 73 heavy (non-hydrogen) atoms. The summed E-state index contributed by atoms with van der Waals surface area (Å²) in [5, 5.41) is 31.9. The first-order valence-corrected chi connectivity index (χ1v) is 24.4. The van der Waals surface area contributed by atoms with Gasteiger partial charge < -0.3 is 20.8 Å². The Kier molecular flexibility index (Phi) is 25.5. The van der Waals surface area contributed by atoms with Gasteiger partial charge in [0.05, 0.1) is 19.8 Å². The van der Waals surface area contributed by atoms with Gasteiger partial charge in [0, 0.05) is 56.6 Å². The zero-order chi connectivity index (χ0) is 49.1. The summed E-state index contributed by atoms with van der Waals surface area (Å²) in [7, 11) is -20.1. The number of rotatable bonds is 12. The van der Waals surface area contributed by atoms with Crippen LogP contribution >= 0.6 is 34.8 Å². The van der Waals surface area contributed by atoms with Crippen molar-refractivity contribution in [3.05, 3.63) is 108 Å². The number of Topliss-reactive ketones (excluding diaryl/α,β-unsaturated/α-hetero) is 2. The number of aromatic nitrogens is 3. The number of aromatic hydroxyl groups is 2. The first kappa shape index (κ1) is 69.4. The number of phenolic OH excluding ortho intramolecular Hbond substituents is 2. The van der Waals surface area contributed by atoms with Crippen molar-refractivity contribution in [2.75, 3.05) is 21.5 Å². The average Bonchev–Trinajstić information content (AvgIpc) is 3.20. The van der Waals surface area contributed by atoms with Crippen LogP contribution in [-0.2, 0) is 74.6 Å². The Bertz CT molecular complexity index is 3450. The van der Waals surface area contributed by atoms with E-state index in [9.17, 15) is 71.7 Å². The van der Waals surface area contributed by atoms with E-state index in [2.05, 4.69) is 46.6 Å². The maximum atomic E-state index is 13.5. The molecule has 7 rings (SSSR count). The van der Waals surface area contributed by atoms with E-state index < -0.39 is 121 Å². The van der Waals surface area contributed by atoms with Crippen LogP contribution in [0.4, 0.5) is 34.6 Å². The van der Waals surface area contributed by atoms with Crippen LogP contribution in [0.15, 0.2) is 90.5 Å². The first-order valence-electron chi connectivity index (χ1n) is 17.5. The van der Waals surface area contributed by atoms with Crippen molar-refractivity contribution in [1.29, 1.82) is 0 Å². The fraction of sp³-hybridized carbons (Fsp3) is 0. The maximum Gasteiger partial charge on any atom is 1.00 e. The van der Waals surface area contributed by atoms with E-state index in [0.29, 0.717) is 24.3 Å². The second kappa shape index (κ2) is 26.8. The summed E-state index contributed by atoms with van der Waals surface area (Å²) < 4.78 is 135. The number of benzene rings is 4. The third-order valence-electron chi connectivity index (χ3n) is 8.98. The molecule has 2 aliphatic rings. The molecule has 0 unspecified atom stereocenters. The van der Waals surface area contributed by atoms with Gasteiger partial charge in [-0.15, -0.1) is 0 Å². The molecule has 2 radical (unpaired) electrons. The number of hydrogen-bond acceptors (Lipinski definition) is 21. The Hall–Kier alpha value is -1.60. The van der Waals surface area contributed by atoms with E-state index in [1.807, 2.05) is 0 Å². The van der Waals surface area contributed by atoms with E-state index in [-0.39, 0.29) is 198 Å². The van der Waals surface area contributed by atoms with Crippen LogP contribution in [0.1, 0.15) is 31.8 Å². The Morgan fingerprint density at radius 1 is 0.493 bits per heavy atom. The quantitative estimate of drug-likeness (QED) is 0.0240. The van der Waals surface area contributed by atoms with Gasteiger partial charge in [-0.2, -0.15) is 58.8 Å². The summed E-state index contributed by atoms with van der Waals surface area (Å²) in [6, 6.07) is 10.3. The minimum atomic E-state index is -5.20. The van der Waals surface area contributed by atoms with Gasteiger partial charge in [0.15, 0.2) is 22.9 Å². The van der Waals surface area contributed by atoms with Crippen LogP contribution in [0.5, 0.6) is 11.5 Å². The van der Waals surface area contributed by atoms with E-state index >= 15 is 0 Å². The molecule has 38 heteroatoms. The number of carbonyl (C=O) groups is 2. The predicted molar refractivity (Wildman–Crippen MR) is 240 cm³/mol. The molecule has 10 N–H and O–H groups in total. The number of allylic oxidation sites excluding steroid dienone is 2. The third kappa shape index (κ3) is 16.2. The second-order valence-corrected chi connectivity index (χ2v) is 20.2. The molecule has 2 aliphatic carbocycles. The van der Waals surface area contributed by atoms with Crippen LogP contribution in [-0.4, -0.2) is 100 Å². The number of hydrogen-bond donors (Lipinski definition) is 10. The number of nitrogens with zero attached hydrogens (tertiary/aromatic N) is 5. The molecule has 0 saturated carbocycles. The van der Waals surface area contributed by atoms with E-state index in [0.717, 1.165) is 12.2 Å². The topological polar surface area (TPSA) is 404 Å². The summed E-state index contributed by atoms with van der Waals surface area (Å²) in [4.78, 5) is 35.6. The van der Waals surface area contributed by atoms with Crippen LogP contribution < -0.4 is 140 Å². The molecule has 1 heterocycles. The van der Waals surface area contributed by atoms with Crippen molar-refractivity contribution < 1.29 is 224 Å². The van der Waals surface area contributed by atoms with Gasteiger partial charge in [0.2, 0.25) is 28.7 Å². The van der Waals surface area contributed by atoms with Crippen molar-refractivity contribution in [3.63, 3.8) is 0 Å². The summed E-state index contributed by atoms with van der Waals surface area (Å²) in [5.41, 5.74) is 0.987. The van der Waals surface area contributed by atoms with Gasteiger partial charge in [0.25, 0.3) is 40.5 Å². The first-order chi connectivity index (χ1) is 31.1. The smallest absolute Gasteiger partial charge is 0.504 e. The predicted octanol–water partition coefficient (Wildman–Crippen LogP) is -6.98. The zero-order valence-electron chi connectivity index (χ0n) is 36.8. The maximum absolute atomic E-state index is 13.5. The SMILES string of the molecule is O=C1C(=NNc2cc(S(=O)(=O)O)cc(Cl)c2O)C(S(=O)(=O)O)=Cc2cc(Nc3nc(Cl)nc(Nc4ccc5c(c4)C=C(S(=O)(=O)O)C(=NNc4cc(S(=O)(=O)O)cc(Cl)c4O)C5=O)n3)ccc21.[Cu].[Cu].[Na+].[Na+].[Na+].[Na+]. The minimum absolute atomic E-state index is 0. The van der Waals surface area contributed by atoms with E-state index in [1.165, 1.54) is 36.4 Å². The van der Waals surface area contributed by atoms with Crippen molar-refractivity contribution in [2.45, 2.75) is 9.79 Å². The number of carbonyl (C=O) groups excluding carboxylic acids is 2. The molecule has 25 nitrogen and oxygen atoms in total. The van der Waals surface area contributed by atoms with Crippen molar-refractivity contribution in [2.24, 2.45) is 10.2 Å². The average molecular weight is 1280 g/mol. The molecule has 370 valence electrons. The monoisotopic (exact) mass is 1270 g/mol. The molecule has 0 amide bonds. The van der Waals surface area contributed by atoms with Gasteiger partial charge in [0.1, 0.15) is 21.2 Å². The number of hydrazone groups is 2. The number of anilines is 6. The van der Waals surface area contributed by atoms with Gasteiger partial charge in [-0.25, -0.2) is 0 Å². The Balaban J connectivity index is 0.00000444. The van der Waals surface area contributed by atoms with Gasteiger partial charge in [-0.3, -0.25) is 38.7 Å². The van der Waals surface area contributed by atoms with E-state index in [4.69, 9.17) is 34.8 Å². The van der Waals surface area contributed by atoms with Gasteiger partial charge >= 0.3 is 118 Å². The van der Waals surface area contributed by atoms with Crippen molar-refractivity contribution in [3.8, 4) is 11.5 Å². The number of halogens is 3. The molecular formula is C35H22Cl3Cu2N9Na4O16S4+4. The van der Waals surface area contributed by atoms with Crippen LogP contribution in [0.25, 0.3) is 12.2 Å². The molecule has 0 bridgehead atoms. The van der Waals surface area contributed by atoms with Crippen molar-refractivity contribution in [1.82, 2.24) is 15.0 Å². The standard InChI is InChI=1S/C35H22Cl3N9O16S4.2Cu.4Na/c36-21-9-17(64(52,53)54)11-23(31(21)50)44-46-27-25(66(58,59)60)7-13-5-15(1-3-19(13)29(27)48)39-34-41-33(38)42-35(43-34)40-16-2-4-20-14(6-16)8-26(67(61,62)63)28(30(20)49)47-45-24-12-18(65(55,56)57)10-22(37)32(24)51;;;;;;/h1-12,44-45,50-51H,(H,52,53,54)(H,55,56,57)(H,58,59,60)(H,61,62,63)(H2,39,40,41,42,43);;;;;;/q;;;4*+1. The zero-order valence-corrected chi connectivity index (χ0v) is 52.2. The molecule has 0 fully saturated rings. The fourth-order valence-corrected chi connectivity index (χ4v) is 9.12. The summed E-state index contributed by atoms with van der Waals surface area (Å²) in [6.07, 6.45) is 1.74. The Morgan fingerprint density at radius 3 is 1.15 bits per heavy atom. The number of phenols is 2. The Labute approximate surface area is 537 Å². The molecular weight excluding hydrogens is 1260 g/mol. The summed E-state index contributed by atoms with van der Waals surface area (Å²) in [6.45, 7) is 0. The summed E-state index contributed by atoms with van der Waals surface area (Å²) >= 11 is 17.8. The Morgan fingerprint density at radius 2 is 0.836 bits per heavy atom. The van der Waals surface area contributed by atoms with E-state index in [1.54, 1.807) is 0 Å². The third-order valence-corrected chi connectivity index (χ3v) is 13.1. The largest absolute Gasteiger partial charge is 1.00 e. The second-order valence-electron chi connectivity index (χ2n) is 13.4. The number of ketones is 2. The van der Waals surface area contributed by atoms with Crippen LogP contribution in [0.2, 0.25) is 15.3 Å². The van der Waals surface area contributed by atoms with Gasteiger partial charge in [-0.05, 0) is 95.5 Å². The van der Waals surface area contributed by atoms with Crippen LogP contribution in [0, 0.1) is 0 Å². The molecule has 4 aromatic carbocycles. The molecule has 0 saturated heterocycles. The normalized spacial score (nSPS) is 14.1. The minimum Gasteiger partial charge on any atom is -0.504 e. The van der Waals surface area contributed by atoms with Crippen LogP contribution in [0.3, 0.4) is 0 Å². The fourth-order valence-electron chi connectivity index (χ4n) is 6.01.